The zero-order chi connectivity index (χ0) is 15.3. The van der Waals surface area contributed by atoms with Crippen LogP contribution in [0.15, 0.2) is 48.7 Å². The van der Waals surface area contributed by atoms with Crippen LogP contribution in [0, 0.1) is 0 Å². The van der Waals surface area contributed by atoms with Crippen molar-refractivity contribution >= 4 is 15.9 Å². The lowest BCUT2D eigenvalue weighted by atomic mass is 10.2. The Morgan fingerprint density at radius 3 is 2.52 bits per heavy atom. The zero-order valence-corrected chi connectivity index (χ0v) is 12.2. The van der Waals surface area contributed by atoms with Crippen LogP contribution in [0.25, 0.3) is 0 Å². The van der Waals surface area contributed by atoms with Gasteiger partial charge in [-0.1, -0.05) is 30.3 Å². The lowest BCUT2D eigenvalue weighted by Crippen LogP contribution is -2.32. The molecule has 0 spiro atoms. The third kappa shape index (κ3) is 4.73. The van der Waals surface area contributed by atoms with E-state index in [2.05, 4.69) is 5.32 Å². The maximum Gasteiger partial charge on any atom is 0.267 e. The van der Waals surface area contributed by atoms with Gasteiger partial charge >= 0.3 is 0 Å². The van der Waals surface area contributed by atoms with Crippen LogP contribution < -0.4 is 10.5 Å². The summed E-state index contributed by atoms with van der Waals surface area (Å²) in [6.45, 7) is 0.569. The molecule has 1 amide bonds. The van der Waals surface area contributed by atoms with E-state index >= 15 is 0 Å². The Bertz CT molecular complexity index is 708. The Morgan fingerprint density at radius 1 is 1.14 bits per heavy atom. The molecule has 2 rings (SSSR count). The highest BCUT2D eigenvalue weighted by Crippen LogP contribution is 2.07. The van der Waals surface area contributed by atoms with Crippen molar-refractivity contribution in [3.63, 3.8) is 0 Å². The van der Waals surface area contributed by atoms with Gasteiger partial charge in [-0.05, 0) is 17.7 Å². The van der Waals surface area contributed by atoms with Crippen molar-refractivity contribution in [3.8, 4) is 0 Å². The quantitative estimate of drug-likeness (QED) is 0.816. The standard InChI is InChI=1S/C14H17N3O3S/c15-21(19,20)10-8-16-14(18)13-7-4-9-17(13)11-12-5-2-1-3-6-12/h1-7,9H,8,10-11H2,(H,16,18)(H2,15,19,20). The molecule has 0 radical (unpaired) electrons. The molecule has 1 heterocycles. The topological polar surface area (TPSA) is 94.2 Å². The van der Waals surface area contributed by atoms with Gasteiger partial charge in [-0.3, -0.25) is 4.79 Å². The molecular weight excluding hydrogens is 290 g/mol. The molecule has 7 heteroatoms. The van der Waals surface area contributed by atoms with E-state index in [0.29, 0.717) is 12.2 Å². The van der Waals surface area contributed by atoms with E-state index in [0.717, 1.165) is 5.56 Å². The van der Waals surface area contributed by atoms with Crippen LogP contribution in [0.2, 0.25) is 0 Å². The molecule has 0 bridgehead atoms. The molecule has 0 aliphatic rings. The van der Waals surface area contributed by atoms with Crippen molar-refractivity contribution in [2.24, 2.45) is 5.14 Å². The number of carbonyl (C=O) groups is 1. The predicted octanol–water partition coefficient (Wildman–Crippen LogP) is 0.555. The first kappa shape index (κ1) is 15.3. The van der Waals surface area contributed by atoms with E-state index in [9.17, 15) is 13.2 Å². The average molecular weight is 307 g/mol. The summed E-state index contributed by atoms with van der Waals surface area (Å²) in [5, 5.41) is 7.44. The van der Waals surface area contributed by atoms with E-state index < -0.39 is 10.0 Å². The first-order valence-corrected chi connectivity index (χ1v) is 8.15. The molecule has 2 aromatic rings. The summed E-state index contributed by atoms with van der Waals surface area (Å²) in [6, 6.07) is 13.2. The number of hydrogen-bond acceptors (Lipinski definition) is 3. The van der Waals surface area contributed by atoms with E-state index in [4.69, 9.17) is 5.14 Å². The van der Waals surface area contributed by atoms with Crippen LogP contribution in [0.4, 0.5) is 0 Å². The molecule has 1 aromatic carbocycles. The molecule has 0 aliphatic carbocycles. The Morgan fingerprint density at radius 2 is 1.86 bits per heavy atom. The van der Waals surface area contributed by atoms with Crippen molar-refractivity contribution < 1.29 is 13.2 Å². The number of rotatable bonds is 6. The van der Waals surface area contributed by atoms with Gasteiger partial charge in [0.15, 0.2) is 0 Å². The number of benzene rings is 1. The first-order valence-electron chi connectivity index (χ1n) is 6.43. The largest absolute Gasteiger partial charge is 0.350 e. The number of hydrogen-bond donors (Lipinski definition) is 2. The minimum atomic E-state index is -3.57. The van der Waals surface area contributed by atoms with Gasteiger partial charge in [0.2, 0.25) is 10.0 Å². The number of sulfonamides is 1. The fourth-order valence-corrected chi connectivity index (χ4v) is 2.32. The van der Waals surface area contributed by atoms with Crippen molar-refractivity contribution in [3.05, 3.63) is 59.9 Å². The summed E-state index contributed by atoms with van der Waals surface area (Å²) >= 11 is 0. The Balaban J connectivity index is 2.01. The number of nitrogens with one attached hydrogen (secondary N) is 1. The number of primary sulfonamides is 1. The number of nitrogens with two attached hydrogens (primary N) is 1. The van der Waals surface area contributed by atoms with Crippen LogP contribution in [0.1, 0.15) is 16.1 Å². The Labute approximate surface area is 123 Å². The number of aromatic nitrogens is 1. The van der Waals surface area contributed by atoms with Crippen molar-refractivity contribution in [2.75, 3.05) is 12.3 Å². The van der Waals surface area contributed by atoms with Gasteiger partial charge in [-0.2, -0.15) is 0 Å². The summed E-state index contributed by atoms with van der Waals surface area (Å²) < 4.78 is 23.5. The number of carbonyl (C=O) groups excluding carboxylic acids is 1. The van der Waals surface area contributed by atoms with Gasteiger partial charge in [-0.25, -0.2) is 13.6 Å². The summed E-state index contributed by atoms with van der Waals surface area (Å²) in [4.78, 5) is 12.0. The molecule has 0 saturated heterocycles. The summed E-state index contributed by atoms with van der Waals surface area (Å²) in [5.74, 6) is -0.599. The minimum Gasteiger partial charge on any atom is -0.350 e. The smallest absolute Gasteiger partial charge is 0.267 e. The molecular formula is C14H17N3O3S. The average Bonchev–Trinajstić information content (AvgIpc) is 2.86. The Hall–Kier alpha value is -2.12. The van der Waals surface area contributed by atoms with Gasteiger partial charge in [0.1, 0.15) is 5.69 Å². The minimum absolute atomic E-state index is 0.00577. The second-order valence-corrected chi connectivity index (χ2v) is 6.36. The maximum atomic E-state index is 12.0. The zero-order valence-electron chi connectivity index (χ0n) is 11.4. The molecule has 0 saturated carbocycles. The summed E-state index contributed by atoms with van der Waals surface area (Å²) in [7, 11) is -3.57. The van der Waals surface area contributed by atoms with Crippen LogP contribution in [-0.4, -0.2) is 31.2 Å². The van der Waals surface area contributed by atoms with Crippen LogP contribution in [0.5, 0.6) is 0 Å². The van der Waals surface area contributed by atoms with Crippen molar-refractivity contribution in [1.82, 2.24) is 9.88 Å². The molecule has 0 unspecified atom stereocenters. The van der Waals surface area contributed by atoms with Crippen molar-refractivity contribution in [2.45, 2.75) is 6.54 Å². The van der Waals surface area contributed by atoms with Crippen LogP contribution >= 0.6 is 0 Å². The highest BCUT2D eigenvalue weighted by Gasteiger charge is 2.11. The van der Waals surface area contributed by atoms with Gasteiger partial charge in [0.25, 0.3) is 5.91 Å². The normalized spacial score (nSPS) is 11.3. The SMILES string of the molecule is NS(=O)(=O)CCNC(=O)c1cccn1Cc1ccccc1. The fraction of sp³-hybridized carbons (Fsp3) is 0.214. The van der Waals surface area contributed by atoms with Crippen molar-refractivity contribution in [1.29, 1.82) is 0 Å². The van der Waals surface area contributed by atoms with E-state index in [1.165, 1.54) is 0 Å². The van der Waals surface area contributed by atoms with Crippen LogP contribution in [-0.2, 0) is 16.6 Å². The lowest BCUT2D eigenvalue weighted by molar-refractivity contribution is 0.0947. The molecule has 3 N–H and O–H groups in total. The molecule has 21 heavy (non-hydrogen) atoms. The van der Waals surface area contributed by atoms with E-state index in [-0.39, 0.29) is 18.2 Å². The predicted molar refractivity (Wildman–Crippen MR) is 80.3 cm³/mol. The summed E-state index contributed by atoms with van der Waals surface area (Å²) in [5.41, 5.74) is 1.56. The third-order valence-corrected chi connectivity index (χ3v) is 3.70. The Kier molecular flexibility index (Phi) is 4.77. The molecule has 6 nitrogen and oxygen atoms in total. The second kappa shape index (κ2) is 6.55. The van der Waals surface area contributed by atoms with Gasteiger partial charge in [0, 0.05) is 19.3 Å². The molecule has 112 valence electrons. The first-order chi connectivity index (χ1) is 9.96. The lowest BCUT2D eigenvalue weighted by Gasteiger charge is -2.09. The highest BCUT2D eigenvalue weighted by molar-refractivity contribution is 7.89. The number of nitrogens with zero attached hydrogens (tertiary/aromatic N) is 1. The molecule has 0 fully saturated rings. The van der Waals surface area contributed by atoms with E-state index in [1.54, 1.807) is 12.1 Å². The van der Waals surface area contributed by atoms with Gasteiger partial charge in [-0.15, -0.1) is 0 Å². The maximum absolute atomic E-state index is 12.0. The number of amides is 1. The monoisotopic (exact) mass is 307 g/mol. The third-order valence-electron chi connectivity index (χ3n) is 2.93. The van der Waals surface area contributed by atoms with E-state index in [1.807, 2.05) is 41.1 Å². The fourth-order valence-electron chi connectivity index (χ4n) is 1.94. The second-order valence-electron chi connectivity index (χ2n) is 4.63. The van der Waals surface area contributed by atoms with Crippen LogP contribution in [0.3, 0.4) is 0 Å². The molecule has 0 atom stereocenters. The molecule has 1 aromatic heterocycles. The summed E-state index contributed by atoms with van der Waals surface area (Å²) in [6.07, 6.45) is 1.81. The highest BCUT2D eigenvalue weighted by atomic mass is 32.2. The van der Waals surface area contributed by atoms with Gasteiger partial charge < -0.3 is 9.88 Å². The van der Waals surface area contributed by atoms with Gasteiger partial charge in [0.05, 0.1) is 5.75 Å². The molecule has 0 aliphatic heterocycles.